The van der Waals surface area contributed by atoms with Gasteiger partial charge < -0.3 is 20.1 Å². The average Bonchev–Trinajstić information content (AvgIpc) is 3.37. The van der Waals surface area contributed by atoms with Crippen LogP contribution in [0.1, 0.15) is 25.7 Å². The molecule has 3 heterocycles. The van der Waals surface area contributed by atoms with Crippen LogP contribution in [0.4, 0.5) is 11.6 Å². The second kappa shape index (κ2) is 7.21. The molecule has 132 valence electrons. The Hall–Kier alpha value is -1.44. The number of rotatable bonds is 6. The van der Waals surface area contributed by atoms with Gasteiger partial charge in [0.05, 0.1) is 25.4 Å². The largest absolute Gasteiger partial charge is 0.394 e. The monoisotopic (exact) mass is 333 g/mol. The van der Waals surface area contributed by atoms with Gasteiger partial charge in [0, 0.05) is 38.3 Å². The van der Waals surface area contributed by atoms with Crippen LogP contribution in [-0.2, 0) is 4.74 Å². The number of nitrogens with zero attached hydrogens (tertiary/aromatic N) is 4. The van der Waals surface area contributed by atoms with Crippen molar-refractivity contribution >= 4 is 11.6 Å². The topological polar surface area (TPSA) is 73.8 Å². The average molecular weight is 333 g/mol. The van der Waals surface area contributed by atoms with E-state index in [4.69, 9.17) is 4.74 Å². The molecule has 0 bridgehead atoms. The van der Waals surface area contributed by atoms with Gasteiger partial charge in [0.25, 0.3) is 0 Å². The molecule has 2 aliphatic heterocycles. The molecule has 2 unspecified atom stereocenters. The van der Waals surface area contributed by atoms with E-state index in [1.165, 1.54) is 12.8 Å². The van der Waals surface area contributed by atoms with Crippen LogP contribution in [0.5, 0.6) is 0 Å². The molecule has 1 aliphatic carbocycles. The van der Waals surface area contributed by atoms with Crippen molar-refractivity contribution in [3.8, 4) is 0 Å². The zero-order valence-electron chi connectivity index (χ0n) is 14.1. The summed E-state index contributed by atoms with van der Waals surface area (Å²) in [5, 5.41) is 12.9. The number of hydrogen-bond acceptors (Lipinski definition) is 7. The third kappa shape index (κ3) is 3.63. The maximum absolute atomic E-state index is 9.49. The molecular weight excluding hydrogens is 306 g/mol. The smallest absolute Gasteiger partial charge is 0.134 e. The summed E-state index contributed by atoms with van der Waals surface area (Å²) in [6.45, 7) is 4.79. The van der Waals surface area contributed by atoms with E-state index in [0.29, 0.717) is 0 Å². The molecule has 4 rings (SSSR count). The van der Waals surface area contributed by atoms with E-state index in [1.54, 1.807) is 6.33 Å². The molecule has 7 nitrogen and oxygen atoms in total. The first-order chi connectivity index (χ1) is 11.8. The van der Waals surface area contributed by atoms with Crippen molar-refractivity contribution in [2.75, 3.05) is 49.6 Å². The Bertz CT molecular complexity index is 554. The summed E-state index contributed by atoms with van der Waals surface area (Å²) in [6.07, 6.45) is 6.63. The molecule has 1 aromatic rings. The highest BCUT2D eigenvalue weighted by atomic mass is 16.5. The maximum atomic E-state index is 9.49. The lowest BCUT2D eigenvalue weighted by atomic mass is 10.2. The summed E-state index contributed by atoms with van der Waals surface area (Å²) in [5.41, 5.74) is 0. The third-order valence-corrected chi connectivity index (χ3v) is 5.28. The third-order valence-electron chi connectivity index (χ3n) is 5.28. The van der Waals surface area contributed by atoms with Crippen molar-refractivity contribution in [2.45, 2.75) is 43.9 Å². The lowest BCUT2D eigenvalue weighted by molar-refractivity contribution is -0.0241. The molecule has 1 aromatic heterocycles. The van der Waals surface area contributed by atoms with Crippen molar-refractivity contribution in [3.63, 3.8) is 0 Å². The van der Waals surface area contributed by atoms with Gasteiger partial charge in [-0.05, 0) is 25.7 Å². The number of hydrogen-bond donors (Lipinski definition) is 2. The van der Waals surface area contributed by atoms with Crippen molar-refractivity contribution in [1.82, 2.24) is 14.9 Å². The van der Waals surface area contributed by atoms with E-state index in [1.807, 2.05) is 6.07 Å². The number of morpholine rings is 1. The lowest BCUT2D eigenvalue weighted by Crippen LogP contribution is -2.46. The van der Waals surface area contributed by atoms with E-state index >= 15 is 0 Å². The predicted octanol–water partition coefficient (Wildman–Crippen LogP) is 0.713. The zero-order chi connectivity index (χ0) is 16.4. The maximum Gasteiger partial charge on any atom is 0.134 e. The quantitative estimate of drug-likeness (QED) is 0.794. The number of aliphatic hydroxyl groups is 1. The molecule has 2 saturated heterocycles. The van der Waals surface area contributed by atoms with Crippen molar-refractivity contribution in [2.24, 2.45) is 0 Å². The van der Waals surface area contributed by atoms with E-state index in [-0.39, 0.29) is 18.8 Å². The van der Waals surface area contributed by atoms with E-state index < -0.39 is 0 Å². The Morgan fingerprint density at radius 3 is 3.00 bits per heavy atom. The Morgan fingerprint density at radius 1 is 1.25 bits per heavy atom. The zero-order valence-corrected chi connectivity index (χ0v) is 14.1. The molecule has 0 spiro atoms. The Labute approximate surface area is 143 Å². The molecule has 3 aliphatic rings. The predicted molar refractivity (Wildman–Crippen MR) is 92.3 cm³/mol. The molecule has 0 radical (unpaired) electrons. The molecule has 24 heavy (non-hydrogen) atoms. The molecule has 0 amide bonds. The molecule has 2 atom stereocenters. The first-order valence-corrected chi connectivity index (χ1v) is 9.12. The summed E-state index contributed by atoms with van der Waals surface area (Å²) in [7, 11) is 0. The van der Waals surface area contributed by atoms with Gasteiger partial charge in [0.2, 0.25) is 0 Å². The molecular formula is C17H27N5O2. The van der Waals surface area contributed by atoms with Crippen molar-refractivity contribution in [3.05, 3.63) is 12.4 Å². The van der Waals surface area contributed by atoms with Gasteiger partial charge in [0.15, 0.2) is 0 Å². The fourth-order valence-electron chi connectivity index (χ4n) is 3.78. The highest BCUT2D eigenvalue weighted by Crippen LogP contribution is 2.28. The molecule has 7 heteroatoms. The number of nitrogens with one attached hydrogen (secondary N) is 1. The summed E-state index contributed by atoms with van der Waals surface area (Å²) in [5.74, 6) is 1.73. The first kappa shape index (κ1) is 16.1. The van der Waals surface area contributed by atoms with Crippen molar-refractivity contribution in [1.29, 1.82) is 0 Å². The van der Waals surface area contributed by atoms with Gasteiger partial charge in [-0.1, -0.05) is 0 Å². The normalized spacial score (nSPS) is 28.3. The molecule has 2 N–H and O–H groups in total. The highest BCUT2D eigenvalue weighted by molar-refractivity contribution is 5.49. The van der Waals surface area contributed by atoms with Gasteiger partial charge >= 0.3 is 0 Å². The number of aromatic nitrogens is 2. The lowest BCUT2D eigenvalue weighted by Gasteiger charge is -2.33. The van der Waals surface area contributed by atoms with Gasteiger partial charge in [-0.3, -0.25) is 4.90 Å². The minimum absolute atomic E-state index is 0.180. The first-order valence-electron chi connectivity index (χ1n) is 9.12. The Morgan fingerprint density at radius 2 is 2.17 bits per heavy atom. The summed E-state index contributed by atoms with van der Waals surface area (Å²) in [6, 6.07) is 2.96. The fourth-order valence-corrected chi connectivity index (χ4v) is 3.78. The number of anilines is 2. The van der Waals surface area contributed by atoms with E-state index in [2.05, 4.69) is 25.1 Å². The van der Waals surface area contributed by atoms with Crippen LogP contribution in [0.25, 0.3) is 0 Å². The minimum Gasteiger partial charge on any atom is -0.394 e. The van der Waals surface area contributed by atoms with Crippen LogP contribution < -0.4 is 10.2 Å². The molecule has 0 aromatic carbocycles. The van der Waals surface area contributed by atoms with Gasteiger partial charge in [0.1, 0.15) is 18.0 Å². The standard InChI is InChI=1S/C17H27N5O2/c23-11-14-2-1-5-22(14)17-8-16(19-12-20-17)18-9-15-10-21(6-7-24-15)13-3-4-13/h8,12-15,23H,1-7,9-11H2,(H,18,19,20). The van der Waals surface area contributed by atoms with Crippen LogP contribution >= 0.6 is 0 Å². The second-order valence-corrected chi connectivity index (χ2v) is 7.03. The summed E-state index contributed by atoms with van der Waals surface area (Å²) < 4.78 is 5.88. The van der Waals surface area contributed by atoms with Gasteiger partial charge in [-0.2, -0.15) is 0 Å². The van der Waals surface area contributed by atoms with Gasteiger partial charge in [-0.15, -0.1) is 0 Å². The van der Waals surface area contributed by atoms with Crippen LogP contribution in [0.2, 0.25) is 0 Å². The SMILES string of the molecule is OCC1CCCN1c1cc(NCC2CN(C3CC3)CCO2)ncn1. The summed E-state index contributed by atoms with van der Waals surface area (Å²) >= 11 is 0. The molecule has 1 saturated carbocycles. The Balaban J connectivity index is 1.34. The van der Waals surface area contributed by atoms with Crippen LogP contribution in [0, 0.1) is 0 Å². The van der Waals surface area contributed by atoms with E-state index in [0.717, 1.165) is 63.3 Å². The summed E-state index contributed by atoms with van der Waals surface area (Å²) in [4.78, 5) is 13.4. The highest BCUT2D eigenvalue weighted by Gasteiger charge is 2.33. The van der Waals surface area contributed by atoms with Crippen LogP contribution in [0.3, 0.4) is 0 Å². The Kier molecular flexibility index (Phi) is 4.82. The number of ether oxygens (including phenoxy) is 1. The van der Waals surface area contributed by atoms with E-state index in [9.17, 15) is 5.11 Å². The van der Waals surface area contributed by atoms with Crippen molar-refractivity contribution < 1.29 is 9.84 Å². The minimum atomic E-state index is 0.180. The number of aliphatic hydroxyl groups excluding tert-OH is 1. The van der Waals surface area contributed by atoms with Crippen LogP contribution in [0.15, 0.2) is 12.4 Å². The molecule has 3 fully saturated rings. The van der Waals surface area contributed by atoms with Crippen LogP contribution in [-0.4, -0.2) is 77.6 Å². The van der Waals surface area contributed by atoms with Gasteiger partial charge in [-0.25, -0.2) is 9.97 Å². The fraction of sp³-hybridized carbons (Fsp3) is 0.765. The second-order valence-electron chi connectivity index (χ2n) is 7.03.